The maximum absolute atomic E-state index is 15.1. The smallest absolute Gasteiger partial charge is 0.246 e. The van der Waals surface area contributed by atoms with Gasteiger partial charge in [0.1, 0.15) is 60.4 Å². The van der Waals surface area contributed by atoms with Crippen molar-refractivity contribution in [1.82, 2.24) is 55.6 Å². The number of nitrogens with zero attached hydrogens (tertiary/aromatic N) is 7. The summed E-state index contributed by atoms with van der Waals surface area (Å²) < 4.78 is 0. The number of rotatable bonds is 15. The van der Waals surface area contributed by atoms with E-state index in [1.54, 1.807) is 54.5 Å². The Hall–Kier alpha value is -6.17. The van der Waals surface area contributed by atoms with Crippen molar-refractivity contribution in [2.75, 3.05) is 62.9 Å². The van der Waals surface area contributed by atoms with Gasteiger partial charge in [-0.2, -0.15) is 0 Å². The van der Waals surface area contributed by atoms with Crippen molar-refractivity contribution < 1.29 is 57.8 Å². The quantitative estimate of drug-likeness (QED) is 0.129. The molecule has 7 N–H and O–H groups in total. The lowest BCUT2D eigenvalue weighted by molar-refractivity contribution is -0.157. The van der Waals surface area contributed by atoms with Gasteiger partial charge in [0.05, 0.1) is 12.6 Å². The van der Waals surface area contributed by atoms with Crippen LogP contribution in [0, 0.1) is 41.4 Å². The van der Waals surface area contributed by atoms with Gasteiger partial charge in [0, 0.05) is 49.3 Å². The SMILES string of the molecule is C/C=C/C[C@@H](C)[C@@H](O)[C@H]1C(=O)N[C@@H](CC)C(=O)N(C)CC(=O)N(C)[C@@H](CC(C)C)C(=O)N[C@@H](C(C)C)C(=O)N(C)[C@@H](CC(C)C)C(=O)N[C@@H](C)C(=O)N[C@H](C)C(=O)N(C)[C@@H](CC(C)C)C(=O)N(C)[C@@H](CC(C)C)C(=O)N(C)[C@@H](C(C)C)C(=O)N1C.CN. The number of likely N-dealkylation sites (N-methyl/N-ethyl adjacent to an activating group) is 7. The van der Waals surface area contributed by atoms with Crippen LogP contribution < -0.4 is 27.0 Å². The van der Waals surface area contributed by atoms with Crippen LogP contribution in [0.2, 0.25) is 0 Å². The lowest BCUT2D eigenvalue weighted by Gasteiger charge is -2.41. The molecule has 500 valence electrons. The van der Waals surface area contributed by atoms with Crippen molar-refractivity contribution in [1.29, 1.82) is 0 Å². The molecule has 87 heavy (non-hydrogen) atoms. The van der Waals surface area contributed by atoms with Gasteiger partial charge < -0.3 is 66.4 Å². The van der Waals surface area contributed by atoms with E-state index in [-0.39, 0.29) is 55.8 Å². The highest BCUT2D eigenvalue weighted by molar-refractivity contribution is 5.99. The van der Waals surface area contributed by atoms with E-state index in [4.69, 9.17) is 0 Å². The second-order valence-corrected chi connectivity index (χ2v) is 26.1. The molecule has 24 heteroatoms. The van der Waals surface area contributed by atoms with E-state index in [0.717, 1.165) is 9.80 Å². The molecule has 12 atom stereocenters. The summed E-state index contributed by atoms with van der Waals surface area (Å²) in [5, 5.41) is 23.1. The predicted molar refractivity (Wildman–Crippen MR) is 339 cm³/mol. The minimum Gasteiger partial charge on any atom is -0.390 e. The minimum absolute atomic E-state index is 0.0229. The monoisotopic (exact) mass is 1230 g/mol. The summed E-state index contributed by atoms with van der Waals surface area (Å²) in [5.74, 6) is -9.71. The van der Waals surface area contributed by atoms with Gasteiger partial charge in [-0.3, -0.25) is 52.7 Å². The number of nitrogens with two attached hydrogens (primary N) is 1. The molecule has 1 heterocycles. The summed E-state index contributed by atoms with van der Waals surface area (Å²) in [6, 6.07) is -12.3. The average Bonchev–Trinajstić information content (AvgIpc) is 1.33. The Morgan fingerprint density at radius 1 is 0.471 bits per heavy atom. The van der Waals surface area contributed by atoms with Crippen molar-refractivity contribution in [3.05, 3.63) is 12.2 Å². The van der Waals surface area contributed by atoms with E-state index in [1.165, 1.54) is 94.7 Å². The van der Waals surface area contributed by atoms with E-state index >= 15 is 9.59 Å². The van der Waals surface area contributed by atoms with Crippen LogP contribution in [0.15, 0.2) is 12.2 Å². The van der Waals surface area contributed by atoms with Crippen molar-refractivity contribution in [2.45, 2.75) is 223 Å². The van der Waals surface area contributed by atoms with Gasteiger partial charge in [0.15, 0.2) is 0 Å². The Morgan fingerprint density at radius 2 is 0.874 bits per heavy atom. The molecule has 0 saturated carbocycles. The summed E-state index contributed by atoms with van der Waals surface area (Å²) in [6.07, 6.45) is 3.04. The maximum Gasteiger partial charge on any atom is 0.246 e. The van der Waals surface area contributed by atoms with Crippen LogP contribution in [-0.2, 0) is 52.7 Å². The molecule has 24 nitrogen and oxygen atoms in total. The van der Waals surface area contributed by atoms with Gasteiger partial charge in [0.25, 0.3) is 0 Å². The van der Waals surface area contributed by atoms with Crippen LogP contribution in [0.1, 0.15) is 156 Å². The Bertz CT molecular complexity index is 2330. The molecular formula is C63H116N12O12. The first kappa shape index (κ1) is 80.8. The first-order valence-electron chi connectivity index (χ1n) is 31.1. The van der Waals surface area contributed by atoms with Crippen LogP contribution in [-0.4, -0.2) is 234 Å². The number of carbonyl (C=O) groups excluding carboxylic acids is 11. The van der Waals surface area contributed by atoms with Gasteiger partial charge in [-0.25, -0.2) is 0 Å². The van der Waals surface area contributed by atoms with Gasteiger partial charge in [-0.1, -0.05) is 109 Å². The van der Waals surface area contributed by atoms with Crippen molar-refractivity contribution in [3.63, 3.8) is 0 Å². The fourth-order valence-corrected chi connectivity index (χ4v) is 10.7. The van der Waals surface area contributed by atoms with Crippen molar-refractivity contribution >= 4 is 65.0 Å². The molecule has 1 fully saturated rings. The van der Waals surface area contributed by atoms with Gasteiger partial charge in [0.2, 0.25) is 65.0 Å². The van der Waals surface area contributed by atoms with E-state index in [2.05, 4.69) is 27.0 Å². The molecule has 0 radical (unpaired) electrons. The average molecular weight is 1230 g/mol. The number of allylic oxidation sites excluding steroid dienone is 2. The minimum atomic E-state index is -1.61. The lowest BCUT2D eigenvalue weighted by atomic mass is 9.91. The van der Waals surface area contributed by atoms with Crippen LogP contribution >= 0.6 is 0 Å². The fourth-order valence-electron chi connectivity index (χ4n) is 10.7. The number of amides is 11. The number of hydrogen-bond acceptors (Lipinski definition) is 13. The number of hydrogen-bond donors (Lipinski definition) is 6. The zero-order valence-corrected chi connectivity index (χ0v) is 57.6. The molecule has 1 saturated heterocycles. The van der Waals surface area contributed by atoms with E-state index in [1.807, 2.05) is 61.5 Å². The first-order valence-corrected chi connectivity index (χ1v) is 31.1. The molecule has 0 bridgehead atoms. The molecule has 0 aliphatic carbocycles. The van der Waals surface area contributed by atoms with E-state index < -0.39 is 156 Å². The third-order valence-corrected chi connectivity index (χ3v) is 16.1. The normalized spacial score (nSPS) is 26.4. The van der Waals surface area contributed by atoms with Crippen LogP contribution in [0.5, 0.6) is 0 Å². The molecule has 0 aromatic rings. The summed E-state index contributed by atoms with van der Waals surface area (Å²) in [6.45, 7) is 29.3. The number of aliphatic hydroxyl groups excluding tert-OH is 1. The molecule has 1 rings (SSSR count). The highest BCUT2D eigenvalue weighted by Gasteiger charge is 2.45. The molecule has 0 spiro atoms. The van der Waals surface area contributed by atoms with Crippen LogP contribution in [0.4, 0.5) is 0 Å². The zero-order valence-electron chi connectivity index (χ0n) is 57.6. The summed E-state index contributed by atoms with van der Waals surface area (Å²) in [4.78, 5) is 169. The summed E-state index contributed by atoms with van der Waals surface area (Å²) >= 11 is 0. The molecule has 1 aliphatic heterocycles. The predicted octanol–water partition coefficient (Wildman–Crippen LogP) is 2.84. The van der Waals surface area contributed by atoms with Gasteiger partial charge >= 0.3 is 0 Å². The standard InChI is InChI=1S/C62H111N11O12.CH5N/c1-25-27-28-40(15)52(75)51-56(79)65-43(26-2)58(81)67(18)33-48(74)68(19)44(29-34(3)4)55(78)66-49(38(11)12)61(84)69(20)45(30-35(5)6)54(77)63-41(16)53(76)64-42(17)57(80)70(21)46(31-36(7)8)59(82)71(22)47(32-37(9)10)60(83)72(23)50(39(13)14)62(85)73(51)24;1-2/h25,27,34-47,49-52,75H,26,28-33H2,1-24H3,(H,63,77)(H,64,76)(H,65,79)(H,66,78);2H2,1H3/b27-25+;/t40-,41+,42-,43+,44+,45+,46+,47+,49+,50+,51+,52-;/m1./s1. The third kappa shape index (κ3) is 23.4. The Labute approximate surface area is 521 Å². The molecule has 1 aliphatic rings. The van der Waals surface area contributed by atoms with E-state index in [9.17, 15) is 48.3 Å². The first-order chi connectivity index (χ1) is 40.2. The van der Waals surface area contributed by atoms with Crippen LogP contribution in [0.25, 0.3) is 0 Å². The highest BCUT2D eigenvalue weighted by Crippen LogP contribution is 2.26. The Morgan fingerprint density at radius 3 is 1.31 bits per heavy atom. The summed E-state index contributed by atoms with van der Waals surface area (Å²) in [7, 11) is 11.4. The molecular weight excluding hydrogens is 1120 g/mol. The number of nitrogens with one attached hydrogen (secondary N) is 4. The Balaban J connectivity index is 0.0000366. The van der Waals surface area contributed by atoms with Crippen molar-refractivity contribution in [2.24, 2.45) is 47.2 Å². The van der Waals surface area contributed by atoms with E-state index in [0.29, 0.717) is 6.42 Å². The molecule has 0 aromatic heterocycles. The highest BCUT2D eigenvalue weighted by atomic mass is 16.3. The van der Waals surface area contributed by atoms with Gasteiger partial charge in [-0.05, 0) is 108 Å². The molecule has 0 unspecified atom stereocenters. The number of aliphatic hydroxyl groups is 1. The third-order valence-electron chi connectivity index (χ3n) is 16.1. The maximum atomic E-state index is 15.1. The second-order valence-electron chi connectivity index (χ2n) is 26.1. The Kier molecular flexibility index (Phi) is 35.0. The molecule has 11 amide bonds. The molecule has 0 aromatic carbocycles. The zero-order chi connectivity index (χ0) is 68.0. The fraction of sp³-hybridized carbons (Fsp3) is 0.794. The summed E-state index contributed by atoms with van der Waals surface area (Å²) in [5.41, 5.74) is 4.50. The van der Waals surface area contributed by atoms with Crippen LogP contribution in [0.3, 0.4) is 0 Å². The van der Waals surface area contributed by atoms with Crippen molar-refractivity contribution in [3.8, 4) is 0 Å². The topological polar surface area (TPSA) is 305 Å². The lowest BCUT2D eigenvalue weighted by Crippen LogP contribution is -2.63. The largest absolute Gasteiger partial charge is 0.390 e. The number of carbonyl (C=O) groups is 11. The van der Waals surface area contributed by atoms with Gasteiger partial charge in [-0.15, -0.1) is 0 Å². The second kappa shape index (κ2) is 37.6.